The maximum atomic E-state index is 5.94. The standard InChI is InChI=1S/C28H28N2O/c1-31-26-17-16-24-14-8-9-15-25(24)27(26)28-29(20-22-10-4-2-5-11-22)18-19-30(28)21-23-12-6-3-7-13-23/h2-17,28H,18-21H2,1H3/p+2. The second-order valence-corrected chi connectivity index (χ2v) is 8.48. The number of fused-ring (bicyclic) bond motifs is 1. The van der Waals surface area contributed by atoms with Gasteiger partial charge in [0.2, 0.25) is 6.17 Å². The van der Waals surface area contributed by atoms with Crippen molar-refractivity contribution in [2.45, 2.75) is 19.3 Å². The molecule has 2 N–H and O–H groups in total. The Hall–Kier alpha value is -3.14. The molecule has 1 saturated heterocycles. The predicted octanol–water partition coefficient (Wildman–Crippen LogP) is 3.03. The second kappa shape index (κ2) is 8.93. The molecule has 0 aliphatic carbocycles. The van der Waals surface area contributed by atoms with Gasteiger partial charge in [0.25, 0.3) is 0 Å². The van der Waals surface area contributed by atoms with Crippen LogP contribution >= 0.6 is 0 Å². The summed E-state index contributed by atoms with van der Waals surface area (Å²) in [6.45, 7) is 4.34. The van der Waals surface area contributed by atoms with E-state index < -0.39 is 0 Å². The number of benzene rings is 4. The van der Waals surface area contributed by atoms with Crippen molar-refractivity contribution in [1.29, 1.82) is 0 Å². The first-order valence-electron chi connectivity index (χ1n) is 11.2. The number of nitrogens with one attached hydrogen (secondary N) is 2. The highest BCUT2D eigenvalue weighted by atomic mass is 16.5. The van der Waals surface area contributed by atoms with Gasteiger partial charge < -0.3 is 4.74 Å². The van der Waals surface area contributed by atoms with Crippen molar-refractivity contribution in [2.75, 3.05) is 20.2 Å². The van der Waals surface area contributed by atoms with E-state index in [2.05, 4.69) is 97.1 Å². The first-order valence-corrected chi connectivity index (χ1v) is 11.2. The predicted molar refractivity (Wildman–Crippen MR) is 125 cm³/mol. The zero-order chi connectivity index (χ0) is 21.0. The van der Waals surface area contributed by atoms with Crippen LogP contribution in [0.1, 0.15) is 22.9 Å². The van der Waals surface area contributed by atoms with E-state index in [0.717, 1.165) is 31.9 Å². The molecule has 0 aromatic heterocycles. The Labute approximate surface area is 184 Å². The zero-order valence-electron chi connectivity index (χ0n) is 18.1. The number of rotatable bonds is 6. The third-order valence-electron chi connectivity index (χ3n) is 6.57. The van der Waals surface area contributed by atoms with Gasteiger partial charge in [-0.1, -0.05) is 91.0 Å². The van der Waals surface area contributed by atoms with Gasteiger partial charge in [0.1, 0.15) is 37.5 Å². The molecule has 4 aromatic carbocycles. The topological polar surface area (TPSA) is 18.1 Å². The van der Waals surface area contributed by atoms with Crippen molar-refractivity contribution in [3.05, 3.63) is 114 Å². The summed E-state index contributed by atoms with van der Waals surface area (Å²) in [7, 11) is 1.80. The molecule has 0 saturated carbocycles. The largest absolute Gasteiger partial charge is 0.496 e. The van der Waals surface area contributed by atoms with Gasteiger partial charge >= 0.3 is 0 Å². The van der Waals surface area contributed by atoms with Crippen molar-refractivity contribution in [2.24, 2.45) is 0 Å². The minimum absolute atomic E-state index is 0.321. The molecule has 0 amide bonds. The van der Waals surface area contributed by atoms with Gasteiger partial charge in [-0.05, 0) is 11.5 Å². The molecule has 4 aromatic rings. The Balaban J connectivity index is 1.60. The first-order chi connectivity index (χ1) is 15.3. The summed E-state index contributed by atoms with van der Waals surface area (Å²) in [6.07, 6.45) is 0.321. The van der Waals surface area contributed by atoms with Crippen LogP contribution in [0.25, 0.3) is 10.8 Å². The Morgan fingerprint density at radius 1 is 0.677 bits per heavy atom. The fourth-order valence-corrected chi connectivity index (χ4v) is 5.16. The summed E-state index contributed by atoms with van der Waals surface area (Å²) < 4.78 is 5.94. The van der Waals surface area contributed by atoms with E-state index in [9.17, 15) is 0 Å². The van der Waals surface area contributed by atoms with Crippen LogP contribution in [0, 0.1) is 0 Å². The molecule has 0 spiro atoms. The third kappa shape index (κ3) is 4.07. The highest BCUT2D eigenvalue weighted by Crippen LogP contribution is 2.31. The maximum absolute atomic E-state index is 5.94. The SMILES string of the molecule is COc1ccc2ccccc2c1C1[NH+](Cc2ccccc2)CC[NH+]1Cc1ccccc1. The smallest absolute Gasteiger partial charge is 0.245 e. The summed E-state index contributed by atoms with van der Waals surface area (Å²) >= 11 is 0. The Bertz CT molecular complexity index is 1090. The second-order valence-electron chi connectivity index (χ2n) is 8.48. The van der Waals surface area contributed by atoms with Crippen LogP contribution in [-0.4, -0.2) is 20.2 Å². The normalized spacial score (nSPS) is 20.7. The van der Waals surface area contributed by atoms with E-state index in [0.29, 0.717) is 6.17 Å². The molecule has 3 heteroatoms. The molecule has 5 rings (SSSR count). The fraction of sp³-hybridized carbons (Fsp3) is 0.214. The molecular weight excluding hydrogens is 380 g/mol. The molecule has 3 nitrogen and oxygen atoms in total. The first kappa shape index (κ1) is 19.8. The van der Waals surface area contributed by atoms with E-state index in [1.54, 1.807) is 16.9 Å². The van der Waals surface area contributed by atoms with Crippen LogP contribution in [0.3, 0.4) is 0 Å². The molecule has 31 heavy (non-hydrogen) atoms. The Morgan fingerprint density at radius 3 is 1.81 bits per heavy atom. The van der Waals surface area contributed by atoms with Crippen LogP contribution in [0.15, 0.2) is 97.1 Å². The van der Waals surface area contributed by atoms with E-state index in [1.165, 1.54) is 27.5 Å². The quantitative estimate of drug-likeness (QED) is 0.500. The molecule has 2 unspecified atom stereocenters. The summed E-state index contributed by atoms with van der Waals surface area (Å²) in [5, 5.41) is 2.59. The summed E-state index contributed by atoms with van der Waals surface area (Å²) in [4.78, 5) is 3.21. The monoisotopic (exact) mass is 410 g/mol. The van der Waals surface area contributed by atoms with Crippen molar-refractivity contribution in [3.63, 3.8) is 0 Å². The third-order valence-corrected chi connectivity index (χ3v) is 6.57. The van der Waals surface area contributed by atoms with Crippen LogP contribution in [0.4, 0.5) is 0 Å². The fourth-order valence-electron chi connectivity index (χ4n) is 5.16. The van der Waals surface area contributed by atoms with Crippen LogP contribution in [0.2, 0.25) is 0 Å². The molecule has 1 aliphatic rings. The molecule has 156 valence electrons. The summed E-state index contributed by atoms with van der Waals surface area (Å²) in [6, 6.07) is 34.8. The van der Waals surface area contributed by atoms with Crippen molar-refractivity contribution >= 4 is 10.8 Å². The lowest BCUT2D eigenvalue weighted by Gasteiger charge is -2.27. The van der Waals surface area contributed by atoms with Crippen LogP contribution < -0.4 is 14.5 Å². The van der Waals surface area contributed by atoms with Crippen molar-refractivity contribution in [3.8, 4) is 5.75 Å². The van der Waals surface area contributed by atoms with Gasteiger partial charge in [-0.3, -0.25) is 9.80 Å². The molecule has 0 radical (unpaired) electrons. The lowest BCUT2D eigenvalue weighted by atomic mass is 9.99. The Kier molecular flexibility index (Phi) is 5.70. The lowest BCUT2D eigenvalue weighted by Crippen LogP contribution is -3.22. The van der Waals surface area contributed by atoms with E-state index in [1.807, 2.05) is 0 Å². The van der Waals surface area contributed by atoms with Gasteiger partial charge in [0.05, 0.1) is 7.11 Å². The number of ether oxygens (including phenoxy) is 1. The highest BCUT2D eigenvalue weighted by Gasteiger charge is 2.43. The number of hydrogen-bond acceptors (Lipinski definition) is 1. The number of methoxy groups -OCH3 is 1. The van der Waals surface area contributed by atoms with Gasteiger partial charge in [-0.2, -0.15) is 0 Å². The molecule has 1 fully saturated rings. The molecule has 0 bridgehead atoms. The zero-order valence-corrected chi connectivity index (χ0v) is 18.1. The van der Waals surface area contributed by atoms with Crippen molar-refractivity contribution < 1.29 is 14.5 Å². The van der Waals surface area contributed by atoms with E-state index in [-0.39, 0.29) is 0 Å². The average molecular weight is 411 g/mol. The lowest BCUT2D eigenvalue weighted by molar-refractivity contribution is -1.09. The minimum atomic E-state index is 0.321. The van der Waals surface area contributed by atoms with E-state index >= 15 is 0 Å². The maximum Gasteiger partial charge on any atom is 0.245 e. The number of quaternary nitrogens is 2. The molecule has 1 aliphatic heterocycles. The van der Waals surface area contributed by atoms with Crippen molar-refractivity contribution in [1.82, 2.24) is 0 Å². The minimum Gasteiger partial charge on any atom is -0.496 e. The average Bonchev–Trinajstić information content (AvgIpc) is 3.21. The van der Waals surface area contributed by atoms with Crippen LogP contribution in [0.5, 0.6) is 5.75 Å². The molecule has 2 atom stereocenters. The number of hydrogen-bond donors (Lipinski definition) is 2. The molecular formula is C28H30N2O+2. The van der Waals surface area contributed by atoms with Crippen LogP contribution in [-0.2, 0) is 13.1 Å². The molecule has 1 heterocycles. The summed E-state index contributed by atoms with van der Waals surface area (Å²) in [5.74, 6) is 1.00. The highest BCUT2D eigenvalue weighted by molar-refractivity contribution is 5.88. The van der Waals surface area contributed by atoms with Gasteiger partial charge in [0, 0.05) is 16.5 Å². The van der Waals surface area contributed by atoms with Gasteiger partial charge in [-0.15, -0.1) is 0 Å². The Morgan fingerprint density at radius 2 is 1.23 bits per heavy atom. The van der Waals surface area contributed by atoms with Gasteiger partial charge in [0.15, 0.2) is 0 Å². The summed E-state index contributed by atoms with van der Waals surface area (Å²) in [5.41, 5.74) is 4.13. The van der Waals surface area contributed by atoms with Gasteiger partial charge in [-0.25, -0.2) is 0 Å². The van der Waals surface area contributed by atoms with E-state index in [4.69, 9.17) is 4.74 Å².